The minimum absolute atomic E-state index is 0.0325. The monoisotopic (exact) mass is 408 g/mol. The second-order valence-corrected chi connectivity index (χ2v) is 7.42. The number of carbonyl (C=O) groups is 1. The summed E-state index contributed by atoms with van der Waals surface area (Å²) < 4.78 is 22.4. The summed E-state index contributed by atoms with van der Waals surface area (Å²) in [6, 6.07) is 11.2. The van der Waals surface area contributed by atoms with Crippen LogP contribution in [0.25, 0.3) is 0 Å². The zero-order valence-corrected chi connectivity index (χ0v) is 15.5. The smallest absolute Gasteiger partial charge is 0.269 e. The highest BCUT2D eigenvalue weighted by atomic mass is 32.2. The molecule has 142 valence electrons. The van der Waals surface area contributed by atoms with Gasteiger partial charge in [-0.2, -0.15) is 0 Å². The molecule has 0 radical (unpaired) electrons. The number of nitro groups is 1. The van der Waals surface area contributed by atoms with E-state index in [0.29, 0.717) is 13.0 Å². The molecule has 0 heterocycles. The number of carbonyl (C=O) groups excluding carboxylic acids is 1. The SMILES string of the molecule is NS(=O)(=O)c1ccc(CCNC(=S)NC(=O)c2ccc([N+](=O)[O-])cc2)cc1. The molecule has 0 aliphatic carbocycles. The van der Waals surface area contributed by atoms with Gasteiger partial charge >= 0.3 is 0 Å². The molecular formula is C16H16N4O5S2. The van der Waals surface area contributed by atoms with Crippen molar-refractivity contribution in [2.45, 2.75) is 11.3 Å². The van der Waals surface area contributed by atoms with Crippen LogP contribution >= 0.6 is 12.2 Å². The molecule has 0 spiro atoms. The van der Waals surface area contributed by atoms with Crippen LogP contribution < -0.4 is 15.8 Å². The Hall–Kier alpha value is -2.89. The van der Waals surface area contributed by atoms with Crippen LogP contribution in [0.3, 0.4) is 0 Å². The van der Waals surface area contributed by atoms with Crippen molar-refractivity contribution in [3.05, 3.63) is 69.8 Å². The van der Waals surface area contributed by atoms with Gasteiger partial charge in [-0.3, -0.25) is 20.2 Å². The zero-order chi connectivity index (χ0) is 20.0. The first-order valence-corrected chi connectivity index (χ1v) is 9.57. The van der Waals surface area contributed by atoms with Crippen molar-refractivity contribution in [2.24, 2.45) is 5.14 Å². The highest BCUT2D eigenvalue weighted by Gasteiger charge is 2.11. The number of nitrogens with two attached hydrogens (primary N) is 1. The van der Waals surface area contributed by atoms with Crippen LogP contribution in [0.1, 0.15) is 15.9 Å². The van der Waals surface area contributed by atoms with Crippen LogP contribution in [-0.4, -0.2) is 30.9 Å². The molecule has 9 nitrogen and oxygen atoms in total. The summed E-state index contributed by atoms with van der Waals surface area (Å²) in [4.78, 5) is 22.1. The van der Waals surface area contributed by atoms with E-state index in [2.05, 4.69) is 10.6 Å². The zero-order valence-electron chi connectivity index (χ0n) is 13.9. The maximum atomic E-state index is 12.0. The Labute approximate surface area is 160 Å². The predicted octanol–water partition coefficient (Wildman–Crippen LogP) is 1.09. The quantitative estimate of drug-likeness (QED) is 0.368. The van der Waals surface area contributed by atoms with Gasteiger partial charge in [-0.25, -0.2) is 13.6 Å². The first kappa shape index (κ1) is 20.4. The van der Waals surface area contributed by atoms with E-state index in [1.165, 1.54) is 36.4 Å². The largest absolute Gasteiger partial charge is 0.362 e. The van der Waals surface area contributed by atoms with Crippen molar-refractivity contribution in [1.82, 2.24) is 10.6 Å². The number of non-ortho nitro benzene ring substituents is 1. The Balaban J connectivity index is 1.82. The Bertz CT molecular complexity index is 957. The lowest BCUT2D eigenvalue weighted by atomic mass is 10.1. The number of hydrogen-bond acceptors (Lipinski definition) is 6. The highest BCUT2D eigenvalue weighted by molar-refractivity contribution is 7.89. The summed E-state index contributed by atoms with van der Waals surface area (Å²) in [5, 5.41) is 21.1. The van der Waals surface area contributed by atoms with Gasteiger partial charge in [0.25, 0.3) is 11.6 Å². The van der Waals surface area contributed by atoms with Gasteiger partial charge in [-0.05, 0) is 48.5 Å². The van der Waals surface area contributed by atoms with Gasteiger partial charge in [0.05, 0.1) is 9.82 Å². The summed E-state index contributed by atoms with van der Waals surface area (Å²) in [7, 11) is -3.72. The molecule has 0 aromatic heterocycles. The molecule has 2 aromatic rings. The Kier molecular flexibility index (Phi) is 6.55. The average molecular weight is 408 g/mol. The van der Waals surface area contributed by atoms with Crippen molar-refractivity contribution in [2.75, 3.05) is 6.54 Å². The molecule has 1 amide bonds. The van der Waals surface area contributed by atoms with Crippen LogP contribution in [0, 0.1) is 10.1 Å². The molecule has 0 aliphatic heterocycles. The van der Waals surface area contributed by atoms with Gasteiger partial charge < -0.3 is 5.32 Å². The third-order valence-corrected chi connectivity index (χ3v) is 4.69. The van der Waals surface area contributed by atoms with Gasteiger partial charge in [0.1, 0.15) is 0 Å². The molecule has 0 saturated carbocycles. The predicted molar refractivity (Wildman–Crippen MR) is 103 cm³/mol. The summed E-state index contributed by atoms with van der Waals surface area (Å²) >= 11 is 5.04. The van der Waals surface area contributed by atoms with Crippen LogP contribution in [-0.2, 0) is 16.4 Å². The van der Waals surface area contributed by atoms with Crippen molar-refractivity contribution in [3.8, 4) is 0 Å². The maximum absolute atomic E-state index is 12.0. The van der Waals surface area contributed by atoms with Gasteiger partial charge in [0, 0.05) is 24.2 Å². The van der Waals surface area contributed by atoms with E-state index >= 15 is 0 Å². The summed E-state index contributed by atoms with van der Waals surface area (Å²) in [5.74, 6) is -0.486. The van der Waals surface area contributed by atoms with E-state index in [1.54, 1.807) is 12.1 Å². The molecule has 11 heteroatoms. The van der Waals surface area contributed by atoms with E-state index in [1.807, 2.05) is 0 Å². The molecule has 0 bridgehead atoms. The molecule has 2 aromatic carbocycles. The van der Waals surface area contributed by atoms with Gasteiger partial charge in [-0.15, -0.1) is 0 Å². The first-order chi connectivity index (χ1) is 12.7. The number of amides is 1. The van der Waals surface area contributed by atoms with Gasteiger partial charge in [-0.1, -0.05) is 12.1 Å². The van der Waals surface area contributed by atoms with E-state index in [0.717, 1.165) is 5.56 Å². The Morgan fingerprint density at radius 2 is 1.70 bits per heavy atom. The van der Waals surface area contributed by atoms with Crippen LogP contribution in [0.4, 0.5) is 5.69 Å². The maximum Gasteiger partial charge on any atom is 0.269 e. The van der Waals surface area contributed by atoms with Gasteiger partial charge in [0.15, 0.2) is 5.11 Å². The summed E-state index contributed by atoms with van der Waals surface area (Å²) in [6.45, 7) is 0.411. The van der Waals surface area contributed by atoms with Crippen LogP contribution in [0.5, 0.6) is 0 Å². The fourth-order valence-corrected chi connectivity index (χ4v) is 2.83. The minimum Gasteiger partial charge on any atom is -0.362 e. The van der Waals surface area contributed by atoms with Crippen molar-refractivity contribution >= 4 is 38.9 Å². The molecule has 0 atom stereocenters. The second kappa shape index (κ2) is 8.66. The number of sulfonamides is 1. The van der Waals surface area contributed by atoms with Crippen LogP contribution in [0.2, 0.25) is 0 Å². The van der Waals surface area contributed by atoms with Gasteiger partial charge in [0.2, 0.25) is 10.0 Å². The molecule has 2 rings (SSSR count). The number of primary sulfonamides is 1. The molecule has 0 fully saturated rings. The molecule has 0 aliphatic rings. The number of hydrogen-bond donors (Lipinski definition) is 3. The number of thiocarbonyl (C=S) groups is 1. The normalized spacial score (nSPS) is 10.9. The fourth-order valence-electron chi connectivity index (χ4n) is 2.12. The van der Waals surface area contributed by atoms with E-state index in [9.17, 15) is 23.3 Å². The van der Waals surface area contributed by atoms with E-state index in [-0.39, 0.29) is 21.3 Å². The fraction of sp³-hybridized carbons (Fsp3) is 0.125. The molecule has 27 heavy (non-hydrogen) atoms. The number of benzene rings is 2. The minimum atomic E-state index is -3.72. The number of nitrogens with zero attached hydrogens (tertiary/aromatic N) is 1. The third kappa shape index (κ3) is 6.09. The van der Waals surface area contributed by atoms with Crippen molar-refractivity contribution < 1.29 is 18.1 Å². The number of rotatable bonds is 6. The molecule has 4 N–H and O–H groups in total. The Morgan fingerprint density at radius 1 is 1.11 bits per heavy atom. The summed E-state index contributed by atoms with van der Waals surface area (Å²) in [6.07, 6.45) is 0.540. The highest BCUT2D eigenvalue weighted by Crippen LogP contribution is 2.12. The summed E-state index contributed by atoms with van der Waals surface area (Å²) in [5.41, 5.74) is 0.989. The van der Waals surface area contributed by atoms with Crippen LogP contribution in [0.15, 0.2) is 53.4 Å². The first-order valence-electron chi connectivity index (χ1n) is 7.62. The van der Waals surface area contributed by atoms with Crippen molar-refractivity contribution in [1.29, 1.82) is 0 Å². The number of nitro benzene ring substituents is 1. The third-order valence-electron chi connectivity index (χ3n) is 3.52. The lowest BCUT2D eigenvalue weighted by Crippen LogP contribution is -2.40. The molecule has 0 saturated heterocycles. The average Bonchev–Trinajstić information content (AvgIpc) is 2.61. The second-order valence-electron chi connectivity index (χ2n) is 5.45. The molecular weight excluding hydrogens is 392 g/mol. The van der Waals surface area contributed by atoms with E-state index < -0.39 is 20.9 Å². The Morgan fingerprint density at radius 3 is 2.22 bits per heavy atom. The van der Waals surface area contributed by atoms with E-state index in [4.69, 9.17) is 17.4 Å². The standard InChI is InChI=1S/C16H16N4O5S2/c17-27(24,25)14-7-1-11(2-8-14)9-10-18-16(26)19-15(21)12-3-5-13(6-4-12)20(22)23/h1-8H,9-10H2,(H2,17,24,25)(H2,18,19,21,26). The molecule has 0 unspecified atom stereocenters. The lowest BCUT2D eigenvalue weighted by molar-refractivity contribution is -0.384. The lowest BCUT2D eigenvalue weighted by Gasteiger charge is -2.10. The van der Waals surface area contributed by atoms with Crippen molar-refractivity contribution in [3.63, 3.8) is 0 Å². The topological polar surface area (TPSA) is 144 Å². The number of nitrogens with one attached hydrogen (secondary N) is 2.